The van der Waals surface area contributed by atoms with Crippen LogP contribution in [0.25, 0.3) is 0 Å². The smallest absolute Gasteiger partial charge is 0.357 e. The maximum Gasteiger partial charge on any atom is 0.357 e. The Morgan fingerprint density at radius 1 is 0.794 bits per heavy atom. The molecule has 9 nitrogen and oxygen atoms in total. The molecule has 0 spiro atoms. The molecule has 0 amide bonds. The number of esters is 2. The van der Waals surface area contributed by atoms with Crippen molar-refractivity contribution in [3.05, 3.63) is 23.5 Å². The summed E-state index contributed by atoms with van der Waals surface area (Å²) in [5.74, 6) is -0.949. The van der Waals surface area contributed by atoms with Crippen molar-refractivity contribution in [2.24, 2.45) is 0 Å². The van der Waals surface area contributed by atoms with Gasteiger partial charge < -0.3 is 28.4 Å². The van der Waals surface area contributed by atoms with Crippen LogP contribution in [0.15, 0.2) is 12.1 Å². The highest BCUT2D eigenvalue weighted by molar-refractivity contribution is 5.92. The molecule has 0 saturated carbocycles. The first-order valence-corrected chi connectivity index (χ1v) is 12.3. The minimum Gasteiger partial charge on any atom is -0.493 e. The number of aromatic nitrogens is 1. The van der Waals surface area contributed by atoms with Crippen molar-refractivity contribution in [3.8, 4) is 5.75 Å². The molecule has 0 aromatic carbocycles. The summed E-state index contributed by atoms with van der Waals surface area (Å²) in [4.78, 5) is 29.6. The first-order valence-electron chi connectivity index (χ1n) is 12.3. The van der Waals surface area contributed by atoms with Crippen LogP contribution in [-0.2, 0) is 23.7 Å². The van der Waals surface area contributed by atoms with E-state index in [1.807, 2.05) is 0 Å². The molecule has 34 heavy (non-hydrogen) atoms. The predicted octanol–water partition coefficient (Wildman–Crippen LogP) is 3.97. The van der Waals surface area contributed by atoms with Gasteiger partial charge in [0, 0.05) is 12.1 Å². The Bertz CT molecular complexity index is 693. The Morgan fingerprint density at radius 2 is 1.29 bits per heavy atom. The van der Waals surface area contributed by atoms with Crippen molar-refractivity contribution in [2.45, 2.75) is 71.5 Å². The number of cyclic esters (lactones) is 2. The largest absolute Gasteiger partial charge is 0.493 e. The molecule has 2 bridgehead atoms. The first-order chi connectivity index (χ1) is 16.5. The van der Waals surface area contributed by atoms with Crippen LogP contribution in [0.4, 0.5) is 0 Å². The van der Waals surface area contributed by atoms with E-state index in [0.717, 1.165) is 19.3 Å². The molecule has 0 aliphatic carbocycles. The van der Waals surface area contributed by atoms with E-state index in [2.05, 4.69) is 11.9 Å². The third-order valence-electron chi connectivity index (χ3n) is 5.05. The summed E-state index contributed by atoms with van der Waals surface area (Å²) in [6.07, 6.45) is 5.77. The van der Waals surface area contributed by atoms with E-state index in [4.69, 9.17) is 28.4 Å². The van der Waals surface area contributed by atoms with Crippen molar-refractivity contribution >= 4 is 11.9 Å². The lowest BCUT2D eigenvalue weighted by Crippen LogP contribution is -2.25. The van der Waals surface area contributed by atoms with Crippen LogP contribution in [0, 0.1) is 0 Å². The molecule has 0 saturated heterocycles. The highest BCUT2D eigenvalue weighted by Crippen LogP contribution is 2.18. The van der Waals surface area contributed by atoms with Crippen LogP contribution >= 0.6 is 0 Å². The van der Waals surface area contributed by atoms with E-state index in [0.29, 0.717) is 38.8 Å². The molecule has 9 heteroatoms. The van der Waals surface area contributed by atoms with E-state index in [-0.39, 0.29) is 24.6 Å². The highest BCUT2D eigenvalue weighted by atomic mass is 16.6. The molecule has 2 heterocycles. The topological polar surface area (TPSA) is 102 Å². The standard InChI is InChI=1S/C25H39NO8/c1-4-5-6-7-8-9-10-32-21-15-22-24(27)33-19(2)17-30-13-11-29-12-14-31-18-20(3)34-25(28)23(16-21)26-22/h15-16,19-20H,4-14,17-18H2,1-3H3. The van der Waals surface area contributed by atoms with E-state index >= 15 is 0 Å². The molecule has 1 aliphatic rings. The molecule has 0 N–H and O–H groups in total. The molecule has 1 aromatic rings. The quantitative estimate of drug-likeness (QED) is 0.403. The summed E-state index contributed by atoms with van der Waals surface area (Å²) in [7, 11) is 0. The van der Waals surface area contributed by atoms with Gasteiger partial charge in [-0.3, -0.25) is 0 Å². The second-order valence-electron chi connectivity index (χ2n) is 8.38. The third kappa shape index (κ3) is 11.3. The number of hydrogen-bond donors (Lipinski definition) is 0. The predicted molar refractivity (Wildman–Crippen MR) is 125 cm³/mol. The highest BCUT2D eigenvalue weighted by Gasteiger charge is 2.21. The first kappa shape index (κ1) is 28.0. The summed E-state index contributed by atoms with van der Waals surface area (Å²) in [5.41, 5.74) is -0.0415. The number of fused-ring (bicyclic) bond motifs is 2. The van der Waals surface area contributed by atoms with E-state index in [1.165, 1.54) is 31.4 Å². The van der Waals surface area contributed by atoms with Crippen LogP contribution < -0.4 is 4.74 Å². The second-order valence-corrected chi connectivity index (χ2v) is 8.38. The molecular formula is C25H39NO8. The van der Waals surface area contributed by atoms with Crippen LogP contribution in [-0.4, -0.2) is 75.4 Å². The van der Waals surface area contributed by atoms with Gasteiger partial charge in [-0.15, -0.1) is 0 Å². The monoisotopic (exact) mass is 481 g/mol. The van der Waals surface area contributed by atoms with Gasteiger partial charge in [0.1, 0.15) is 18.0 Å². The van der Waals surface area contributed by atoms with Gasteiger partial charge >= 0.3 is 11.9 Å². The second kappa shape index (κ2) is 16.4. The minimum atomic E-state index is -0.663. The van der Waals surface area contributed by atoms with Gasteiger partial charge in [-0.05, 0) is 20.3 Å². The Hall–Kier alpha value is -2.23. The van der Waals surface area contributed by atoms with E-state index < -0.39 is 24.1 Å². The number of unbranched alkanes of at least 4 members (excludes halogenated alkanes) is 5. The lowest BCUT2D eigenvalue weighted by molar-refractivity contribution is -0.0300. The average Bonchev–Trinajstić information content (AvgIpc) is 2.81. The van der Waals surface area contributed by atoms with Crippen LogP contribution in [0.2, 0.25) is 0 Å². The van der Waals surface area contributed by atoms with Gasteiger partial charge in [0.25, 0.3) is 0 Å². The van der Waals surface area contributed by atoms with Crippen molar-refractivity contribution in [1.82, 2.24) is 4.98 Å². The number of ether oxygens (including phenoxy) is 6. The molecule has 0 fully saturated rings. The molecule has 1 aromatic heterocycles. The summed E-state index contributed by atoms with van der Waals surface area (Å²) < 4.78 is 33.1. The maximum atomic E-state index is 12.7. The molecule has 192 valence electrons. The molecule has 2 rings (SSSR count). The zero-order valence-electron chi connectivity index (χ0n) is 20.7. The number of carbonyl (C=O) groups excluding carboxylic acids is 2. The van der Waals surface area contributed by atoms with Crippen molar-refractivity contribution in [2.75, 3.05) is 46.2 Å². The Morgan fingerprint density at radius 3 is 1.85 bits per heavy atom. The van der Waals surface area contributed by atoms with Crippen LogP contribution in [0.1, 0.15) is 80.3 Å². The molecular weight excluding hydrogens is 442 g/mol. The number of carbonyl (C=O) groups is 2. The normalized spacial score (nSPS) is 21.1. The maximum absolute atomic E-state index is 12.7. The van der Waals surface area contributed by atoms with Gasteiger partial charge in [-0.2, -0.15) is 0 Å². The van der Waals surface area contributed by atoms with Gasteiger partial charge in [0.15, 0.2) is 11.4 Å². The van der Waals surface area contributed by atoms with Crippen LogP contribution in [0.5, 0.6) is 5.75 Å². The fraction of sp³-hybridized carbons (Fsp3) is 0.720. The minimum absolute atomic E-state index is 0.0207. The lowest BCUT2D eigenvalue weighted by Gasteiger charge is -2.17. The molecule has 2 unspecified atom stereocenters. The number of hydrogen-bond acceptors (Lipinski definition) is 9. The van der Waals surface area contributed by atoms with Crippen LogP contribution in [0.3, 0.4) is 0 Å². The summed E-state index contributed by atoms with van der Waals surface area (Å²) in [6.45, 7) is 8.09. The fourth-order valence-electron chi connectivity index (χ4n) is 3.26. The van der Waals surface area contributed by atoms with E-state index in [1.54, 1.807) is 13.8 Å². The molecule has 2 atom stereocenters. The summed E-state index contributed by atoms with van der Waals surface area (Å²) in [5, 5.41) is 0. The average molecular weight is 482 g/mol. The molecule has 0 radical (unpaired) electrons. The van der Waals surface area contributed by atoms with Gasteiger partial charge in [0.05, 0.1) is 46.2 Å². The lowest BCUT2D eigenvalue weighted by atomic mass is 10.1. The zero-order chi connectivity index (χ0) is 24.6. The summed E-state index contributed by atoms with van der Waals surface area (Å²) >= 11 is 0. The Kier molecular flexibility index (Phi) is 13.5. The van der Waals surface area contributed by atoms with E-state index in [9.17, 15) is 9.59 Å². The fourth-order valence-corrected chi connectivity index (χ4v) is 3.26. The Labute approximate surface area is 202 Å². The number of nitrogens with zero attached hydrogens (tertiary/aromatic N) is 1. The third-order valence-corrected chi connectivity index (χ3v) is 5.05. The van der Waals surface area contributed by atoms with Crippen molar-refractivity contribution in [3.63, 3.8) is 0 Å². The van der Waals surface area contributed by atoms with Gasteiger partial charge in [-0.25, -0.2) is 14.6 Å². The Balaban J connectivity index is 2.09. The molecule has 1 aliphatic heterocycles. The number of pyridine rings is 1. The zero-order valence-corrected chi connectivity index (χ0v) is 20.7. The van der Waals surface area contributed by atoms with Crippen molar-refractivity contribution < 1.29 is 38.0 Å². The SMILES string of the molecule is CCCCCCCCOc1cc2nc(c1)C(=O)OC(C)COCCOCCOCC(C)OC2=O. The van der Waals surface area contributed by atoms with Gasteiger partial charge in [-0.1, -0.05) is 39.0 Å². The van der Waals surface area contributed by atoms with Gasteiger partial charge in [0.2, 0.25) is 0 Å². The summed E-state index contributed by atoms with van der Waals surface area (Å²) in [6, 6.07) is 2.98. The number of rotatable bonds is 8. The van der Waals surface area contributed by atoms with Crippen molar-refractivity contribution in [1.29, 1.82) is 0 Å².